The van der Waals surface area contributed by atoms with Crippen LogP contribution in [0.15, 0.2) is 23.1 Å². The van der Waals surface area contributed by atoms with Gasteiger partial charge in [0, 0.05) is 18.0 Å². The van der Waals surface area contributed by atoms with Crippen LogP contribution in [0.3, 0.4) is 0 Å². The Bertz CT molecular complexity index is 435. The molecular formula is C12H15FN2OS. The maximum atomic E-state index is 13.2. The third-order valence-corrected chi connectivity index (χ3v) is 3.80. The number of nitrogens with two attached hydrogens (primary N) is 1. The van der Waals surface area contributed by atoms with Gasteiger partial charge in [-0.3, -0.25) is 4.79 Å². The van der Waals surface area contributed by atoms with Crippen molar-refractivity contribution in [2.45, 2.75) is 23.8 Å². The Morgan fingerprint density at radius 1 is 1.59 bits per heavy atom. The molecule has 17 heavy (non-hydrogen) atoms. The van der Waals surface area contributed by atoms with Crippen LogP contribution in [0.25, 0.3) is 0 Å². The van der Waals surface area contributed by atoms with Crippen molar-refractivity contribution in [3.05, 3.63) is 24.0 Å². The molecule has 1 aliphatic rings. The summed E-state index contributed by atoms with van der Waals surface area (Å²) in [6.07, 6.45) is 2.20. The average Bonchev–Trinajstić information content (AvgIpc) is 3.13. The normalized spacial score (nSPS) is 14.7. The number of nitrogens with zero attached hydrogens (tertiary/aromatic N) is 1. The molecule has 1 amide bonds. The second-order valence-corrected chi connectivity index (χ2v) is 5.26. The lowest BCUT2D eigenvalue weighted by Crippen LogP contribution is -2.30. The first-order chi connectivity index (χ1) is 8.08. The van der Waals surface area contributed by atoms with E-state index in [1.165, 1.54) is 23.9 Å². The minimum atomic E-state index is -0.432. The van der Waals surface area contributed by atoms with Gasteiger partial charge in [-0.1, -0.05) is 0 Å². The van der Waals surface area contributed by atoms with Crippen LogP contribution in [0.2, 0.25) is 0 Å². The van der Waals surface area contributed by atoms with Gasteiger partial charge in [0.05, 0.1) is 11.4 Å². The second-order valence-electron chi connectivity index (χ2n) is 4.21. The molecule has 0 atom stereocenters. The molecule has 3 nitrogen and oxygen atoms in total. The molecule has 0 unspecified atom stereocenters. The molecule has 1 aromatic rings. The van der Waals surface area contributed by atoms with Crippen molar-refractivity contribution in [2.75, 3.05) is 18.5 Å². The zero-order chi connectivity index (χ0) is 12.4. The number of hydrogen-bond donors (Lipinski definition) is 1. The van der Waals surface area contributed by atoms with Crippen molar-refractivity contribution < 1.29 is 9.18 Å². The third kappa shape index (κ3) is 3.12. The Hall–Kier alpha value is -1.23. The first-order valence-electron chi connectivity index (χ1n) is 5.51. The largest absolute Gasteiger partial charge is 0.396 e. The molecule has 0 spiro atoms. The van der Waals surface area contributed by atoms with Crippen LogP contribution in [0, 0.1) is 5.82 Å². The van der Waals surface area contributed by atoms with Gasteiger partial charge >= 0.3 is 0 Å². The summed E-state index contributed by atoms with van der Waals surface area (Å²) in [4.78, 5) is 14.2. The van der Waals surface area contributed by atoms with Crippen LogP contribution < -0.4 is 5.73 Å². The van der Waals surface area contributed by atoms with Crippen LogP contribution in [-0.4, -0.2) is 29.6 Å². The SMILES string of the molecule is CN(C(=O)CSc1ccc(N)c(F)c1)C1CC1. The quantitative estimate of drug-likeness (QED) is 0.661. The summed E-state index contributed by atoms with van der Waals surface area (Å²) in [6, 6.07) is 5.04. The van der Waals surface area contributed by atoms with Gasteiger partial charge < -0.3 is 10.6 Å². The molecular weight excluding hydrogens is 239 g/mol. The van der Waals surface area contributed by atoms with E-state index in [9.17, 15) is 9.18 Å². The van der Waals surface area contributed by atoms with Crippen LogP contribution in [0.5, 0.6) is 0 Å². The number of carbonyl (C=O) groups is 1. The zero-order valence-corrected chi connectivity index (χ0v) is 10.5. The van der Waals surface area contributed by atoms with Gasteiger partial charge in [-0.2, -0.15) is 0 Å². The van der Waals surface area contributed by atoms with E-state index in [0.717, 1.165) is 17.7 Å². The average molecular weight is 254 g/mol. The van der Waals surface area contributed by atoms with Crippen molar-refractivity contribution in [3.8, 4) is 0 Å². The van der Waals surface area contributed by atoms with Crippen LogP contribution in [0.1, 0.15) is 12.8 Å². The Kier molecular flexibility index (Phi) is 3.57. The van der Waals surface area contributed by atoms with Crippen molar-refractivity contribution in [1.29, 1.82) is 0 Å². The van der Waals surface area contributed by atoms with Gasteiger partial charge in [0.25, 0.3) is 0 Å². The Labute approximate surface area is 104 Å². The van der Waals surface area contributed by atoms with E-state index in [1.54, 1.807) is 11.0 Å². The molecule has 1 aromatic carbocycles. The molecule has 0 radical (unpaired) electrons. The highest BCUT2D eigenvalue weighted by molar-refractivity contribution is 8.00. The highest BCUT2D eigenvalue weighted by Crippen LogP contribution is 2.27. The summed E-state index contributed by atoms with van der Waals surface area (Å²) >= 11 is 1.34. The van der Waals surface area contributed by atoms with Crippen molar-refractivity contribution in [2.24, 2.45) is 0 Å². The van der Waals surface area contributed by atoms with Gasteiger partial charge in [-0.15, -0.1) is 11.8 Å². The summed E-state index contributed by atoms with van der Waals surface area (Å²) in [7, 11) is 1.82. The predicted molar refractivity (Wildman–Crippen MR) is 67.3 cm³/mol. The summed E-state index contributed by atoms with van der Waals surface area (Å²) in [6.45, 7) is 0. The smallest absolute Gasteiger partial charge is 0.232 e. The van der Waals surface area contributed by atoms with Crippen molar-refractivity contribution in [1.82, 2.24) is 4.90 Å². The third-order valence-electron chi connectivity index (χ3n) is 2.82. The fourth-order valence-electron chi connectivity index (χ4n) is 1.51. The van der Waals surface area contributed by atoms with E-state index < -0.39 is 5.82 Å². The summed E-state index contributed by atoms with van der Waals surface area (Å²) in [5, 5.41) is 0. The number of anilines is 1. The Morgan fingerprint density at radius 3 is 2.88 bits per heavy atom. The van der Waals surface area contributed by atoms with Crippen LogP contribution >= 0.6 is 11.8 Å². The standard InChI is InChI=1S/C12H15FN2OS/c1-15(8-2-3-8)12(16)7-17-9-4-5-11(14)10(13)6-9/h4-6,8H,2-3,7,14H2,1H3. The monoisotopic (exact) mass is 254 g/mol. The molecule has 0 aromatic heterocycles. The van der Waals surface area contributed by atoms with Gasteiger partial charge in [-0.25, -0.2) is 4.39 Å². The van der Waals surface area contributed by atoms with E-state index in [1.807, 2.05) is 7.05 Å². The molecule has 0 heterocycles. The number of halogens is 1. The number of thioether (sulfide) groups is 1. The maximum Gasteiger partial charge on any atom is 0.232 e. The van der Waals surface area contributed by atoms with E-state index in [4.69, 9.17) is 5.73 Å². The summed E-state index contributed by atoms with van der Waals surface area (Å²) < 4.78 is 13.2. The van der Waals surface area contributed by atoms with Gasteiger partial charge in [0.1, 0.15) is 5.82 Å². The number of hydrogen-bond acceptors (Lipinski definition) is 3. The minimum Gasteiger partial charge on any atom is -0.396 e. The van der Waals surface area contributed by atoms with Crippen molar-refractivity contribution in [3.63, 3.8) is 0 Å². The molecule has 0 bridgehead atoms. The van der Waals surface area contributed by atoms with E-state index in [2.05, 4.69) is 0 Å². The molecule has 2 N–H and O–H groups in total. The molecule has 5 heteroatoms. The Morgan fingerprint density at radius 2 is 2.29 bits per heavy atom. The number of rotatable bonds is 4. The molecule has 0 saturated heterocycles. The number of amides is 1. The fourth-order valence-corrected chi connectivity index (χ4v) is 2.35. The molecule has 1 aliphatic carbocycles. The van der Waals surface area contributed by atoms with Crippen molar-refractivity contribution >= 4 is 23.4 Å². The van der Waals surface area contributed by atoms with E-state index in [-0.39, 0.29) is 11.6 Å². The highest BCUT2D eigenvalue weighted by Gasteiger charge is 2.29. The van der Waals surface area contributed by atoms with E-state index >= 15 is 0 Å². The highest BCUT2D eigenvalue weighted by atomic mass is 32.2. The van der Waals surface area contributed by atoms with Crippen LogP contribution in [-0.2, 0) is 4.79 Å². The topological polar surface area (TPSA) is 46.3 Å². The van der Waals surface area contributed by atoms with E-state index in [0.29, 0.717) is 11.8 Å². The van der Waals surface area contributed by atoms with Gasteiger partial charge in [0.15, 0.2) is 0 Å². The lowest BCUT2D eigenvalue weighted by Gasteiger charge is -2.15. The van der Waals surface area contributed by atoms with Crippen LogP contribution in [0.4, 0.5) is 10.1 Å². The molecule has 0 aliphatic heterocycles. The summed E-state index contributed by atoms with van der Waals surface area (Å²) in [5.74, 6) is 0.00354. The zero-order valence-electron chi connectivity index (χ0n) is 9.65. The fraction of sp³-hybridized carbons (Fsp3) is 0.417. The maximum absolute atomic E-state index is 13.2. The number of benzene rings is 1. The van der Waals surface area contributed by atoms with Gasteiger partial charge in [-0.05, 0) is 31.0 Å². The lowest BCUT2D eigenvalue weighted by molar-refractivity contribution is -0.127. The number of carbonyl (C=O) groups excluding carboxylic acids is 1. The molecule has 1 saturated carbocycles. The molecule has 92 valence electrons. The number of nitrogen functional groups attached to an aromatic ring is 1. The summed E-state index contributed by atoms with van der Waals surface area (Å²) in [5.41, 5.74) is 5.52. The molecule has 2 rings (SSSR count). The minimum absolute atomic E-state index is 0.0923. The lowest BCUT2D eigenvalue weighted by atomic mass is 10.3. The first kappa shape index (κ1) is 12.2. The first-order valence-corrected chi connectivity index (χ1v) is 6.50. The van der Waals surface area contributed by atoms with Gasteiger partial charge in [0.2, 0.25) is 5.91 Å². The predicted octanol–water partition coefficient (Wildman–Crippen LogP) is 2.12. The molecule has 1 fully saturated rings. The second kappa shape index (κ2) is 4.96. The Balaban J connectivity index is 1.88.